The molecule has 2 nitrogen and oxygen atoms in total. The summed E-state index contributed by atoms with van der Waals surface area (Å²) in [5, 5.41) is 2.82. The highest BCUT2D eigenvalue weighted by atomic mass is 16.1. The molecule has 1 N–H and O–H groups in total. The van der Waals surface area contributed by atoms with E-state index in [4.69, 9.17) is 0 Å². The number of para-hydroxylation sites is 1. The number of benzene rings is 1. The van der Waals surface area contributed by atoms with Gasteiger partial charge in [-0.2, -0.15) is 0 Å². The van der Waals surface area contributed by atoms with Crippen LogP contribution in [0.25, 0.3) is 6.08 Å². The van der Waals surface area contributed by atoms with Crippen LogP contribution in [0.2, 0.25) is 0 Å². The summed E-state index contributed by atoms with van der Waals surface area (Å²) in [4.78, 5) is 11.1. The van der Waals surface area contributed by atoms with Crippen molar-refractivity contribution in [1.29, 1.82) is 0 Å². The zero-order valence-electron chi connectivity index (χ0n) is 6.58. The standard InChI is InChI=1S/C10H9NO/c12-10-7-3-5-8-4-1-2-6-9(8)11-10/h1-6H,7H2,(H,11,12). The molecule has 0 aliphatic carbocycles. The Morgan fingerprint density at radius 1 is 1.25 bits per heavy atom. The van der Waals surface area contributed by atoms with Crippen LogP contribution in [-0.4, -0.2) is 5.91 Å². The Hall–Kier alpha value is -1.57. The van der Waals surface area contributed by atoms with Gasteiger partial charge in [-0.15, -0.1) is 0 Å². The highest BCUT2D eigenvalue weighted by molar-refractivity contribution is 5.96. The Morgan fingerprint density at radius 3 is 3.00 bits per heavy atom. The fraction of sp³-hybridized carbons (Fsp3) is 0.100. The number of nitrogens with one attached hydrogen (secondary N) is 1. The number of rotatable bonds is 0. The van der Waals surface area contributed by atoms with Gasteiger partial charge in [-0.3, -0.25) is 4.79 Å². The molecule has 1 aliphatic heterocycles. The lowest BCUT2D eigenvalue weighted by Gasteiger charge is -2.03. The highest BCUT2D eigenvalue weighted by Gasteiger charge is 2.06. The van der Waals surface area contributed by atoms with Gasteiger partial charge in [0.05, 0.1) is 0 Å². The van der Waals surface area contributed by atoms with Gasteiger partial charge in [0.25, 0.3) is 0 Å². The van der Waals surface area contributed by atoms with Crippen molar-refractivity contribution in [1.82, 2.24) is 0 Å². The molecule has 12 heavy (non-hydrogen) atoms. The van der Waals surface area contributed by atoms with E-state index in [9.17, 15) is 4.79 Å². The molecule has 0 fully saturated rings. The summed E-state index contributed by atoms with van der Waals surface area (Å²) < 4.78 is 0. The lowest BCUT2D eigenvalue weighted by atomic mass is 10.2. The zero-order valence-corrected chi connectivity index (χ0v) is 6.58. The first-order chi connectivity index (χ1) is 5.86. The molecule has 0 spiro atoms. The molecular formula is C10H9NO. The molecule has 0 bridgehead atoms. The molecule has 1 aliphatic rings. The van der Waals surface area contributed by atoms with Crippen molar-refractivity contribution in [2.45, 2.75) is 6.42 Å². The van der Waals surface area contributed by atoms with Gasteiger partial charge in [-0.1, -0.05) is 30.4 Å². The first kappa shape index (κ1) is 7.10. The van der Waals surface area contributed by atoms with E-state index in [-0.39, 0.29) is 5.91 Å². The summed E-state index contributed by atoms with van der Waals surface area (Å²) in [5.41, 5.74) is 1.97. The molecule has 60 valence electrons. The molecule has 1 aromatic carbocycles. The van der Waals surface area contributed by atoms with Crippen molar-refractivity contribution in [3.05, 3.63) is 35.9 Å². The molecule has 1 heterocycles. The maximum absolute atomic E-state index is 11.1. The molecule has 0 radical (unpaired) electrons. The lowest BCUT2D eigenvalue weighted by molar-refractivity contribution is -0.115. The second-order valence-electron chi connectivity index (χ2n) is 2.74. The molecule has 1 aromatic rings. The SMILES string of the molecule is O=C1CC=Cc2ccccc2N1. The smallest absolute Gasteiger partial charge is 0.228 e. The minimum atomic E-state index is 0.0520. The number of carbonyl (C=O) groups is 1. The average Bonchev–Trinajstić information content (AvgIpc) is 2.25. The molecule has 0 saturated carbocycles. The van der Waals surface area contributed by atoms with E-state index in [0.717, 1.165) is 11.3 Å². The molecule has 2 rings (SSSR count). The van der Waals surface area contributed by atoms with E-state index in [0.29, 0.717) is 6.42 Å². The number of hydrogen-bond acceptors (Lipinski definition) is 1. The van der Waals surface area contributed by atoms with Crippen LogP contribution in [0.15, 0.2) is 30.3 Å². The average molecular weight is 159 g/mol. The second-order valence-corrected chi connectivity index (χ2v) is 2.74. The molecule has 0 aromatic heterocycles. The van der Waals surface area contributed by atoms with Gasteiger partial charge in [0.1, 0.15) is 0 Å². The highest BCUT2D eigenvalue weighted by Crippen LogP contribution is 2.19. The molecular weight excluding hydrogens is 150 g/mol. The predicted octanol–water partition coefficient (Wildman–Crippen LogP) is 2.04. The summed E-state index contributed by atoms with van der Waals surface area (Å²) in [5.74, 6) is 0.0520. The van der Waals surface area contributed by atoms with Crippen LogP contribution in [0.5, 0.6) is 0 Å². The number of carbonyl (C=O) groups excluding carboxylic acids is 1. The Bertz CT molecular complexity index is 341. The molecule has 2 heteroatoms. The summed E-state index contributed by atoms with van der Waals surface area (Å²) >= 11 is 0. The fourth-order valence-electron chi connectivity index (χ4n) is 1.25. The third kappa shape index (κ3) is 1.23. The number of fused-ring (bicyclic) bond motifs is 1. The van der Waals surface area contributed by atoms with Crippen molar-refractivity contribution < 1.29 is 4.79 Å². The number of hydrogen-bond donors (Lipinski definition) is 1. The van der Waals surface area contributed by atoms with Crippen molar-refractivity contribution in [3.63, 3.8) is 0 Å². The van der Waals surface area contributed by atoms with Crippen molar-refractivity contribution >= 4 is 17.7 Å². The predicted molar refractivity (Wildman–Crippen MR) is 48.7 cm³/mol. The Morgan fingerprint density at radius 2 is 2.08 bits per heavy atom. The Kier molecular flexibility index (Phi) is 1.67. The minimum absolute atomic E-state index is 0.0520. The van der Waals surface area contributed by atoms with E-state index >= 15 is 0 Å². The number of anilines is 1. The first-order valence-electron chi connectivity index (χ1n) is 3.92. The van der Waals surface area contributed by atoms with Crippen LogP contribution in [-0.2, 0) is 4.79 Å². The van der Waals surface area contributed by atoms with Gasteiger partial charge in [0, 0.05) is 12.1 Å². The van der Waals surface area contributed by atoms with Crippen molar-refractivity contribution in [2.24, 2.45) is 0 Å². The van der Waals surface area contributed by atoms with Gasteiger partial charge in [-0.05, 0) is 11.6 Å². The molecule has 0 saturated heterocycles. The summed E-state index contributed by atoms with van der Waals surface area (Å²) in [6.07, 6.45) is 4.31. The Balaban J connectivity index is 2.48. The van der Waals surface area contributed by atoms with Crippen LogP contribution >= 0.6 is 0 Å². The van der Waals surface area contributed by atoms with Gasteiger partial charge < -0.3 is 5.32 Å². The van der Waals surface area contributed by atoms with Crippen molar-refractivity contribution in [2.75, 3.05) is 5.32 Å². The lowest BCUT2D eigenvalue weighted by Crippen LogP contribution is -2.08. The summed E-state index contributed by atoms with van der Waals surface area (Å²) in [6.45, 7) is 0. The monoisotopic (exact) mass is 159 g/mol. The molecule has 0 unspecified atom stereocenters. The quantitative estimate of drug-likeness (QED) is 0.616. The molecule has 0 atom stereocenters. The van der Waals surface area contributed by atoms with Crippen LogP contribution < -0.4 is 5.32 Å². The summed E-state index contributed by atoms with van der Waals surface area (Å²) in [7, 11) is 0. The van der Waals surface area contributed by atoms with Crippen molar-refractivity contribution in [3.8, 4) is 0 Å². The third-order valence-electron chi connectivity index (χ3n) is 1.84. The van der Waals surface area contributed by atoms with Gasteiger partial charge >= 0.3 is 0 Å². The van der Waals surface area contributed by atoms with E-state index in [1.54, 1.807) is 0 Å². The zero-order chi connectivity index (χ0) is 8.39. The van der Waals surface area contributed by atoms with Gasteiger partial charge in [0.2, 0.25) is 5.91 Å². The number of amides is 1. The summed E-state index contributed by atoms with van der Waals surface area (Å²) in [6, 6.07) is 7.76. The van der Waals surface area contributed by atoms with Crippen LogP contribution in [0.1, 0.15) is 12.0 Å². The maximum Gasteiger partial charge on any atom is 0.228 e. The minimum Gasteiger partial charge on any atom is -0.325 e. The third-order valence-corrected chi connectivity index (χ3v) is 1.84. The molecule has 1 amide bonds. The topological polar surface area (TPSA) is 29.1 Å². The van der Waals surface area contributed by atoms with E-state index in [1.165, 1.54) is 0 Å². The fourth-order valence-corrected chi connectivity index (χ4v) is 1.25. The normalized spacial score (nSPS) is 14.8. The van der Waals surface area contributed by atoms with Crippen LogP contribution in [0.4, 0.5) is 5.69 Å². The van der Waals surface area contributed by atoms with E-state index in [2.05, 4.69) is 5.32 Å². The Labute approximate surface area is 70.9 Å². The maximum atomic E-state index is 11.1. The van der Waals surface area contributed by atoms with E-state index < -0.39 is 0 Å². The van der Waals surface area contributed by atoms with Gasteiger partial charge in [-0.25, -0.2) is 0 Å². The van der Waals surface area contributed by atoms with Gasteiger partial charge in [0.15, 0.2) is 0 Å². The van der Waals surface area contributed by atoms with E-state index in [1.807, 2.05) is 36.4 Å². The van der Waals surface area contributed by atoms with Crippen LogP contribution in [0, 0.1) is 0 Å². The van der Waals surface area contributed by atoms with Crippen LogP contribution in [0.3, 0.4) is 0 Å². The first-order valence-corrected chi connectivity index (χ1v) is 3.92. The largest absolute Gasteiger partial charge is 0.325 e. The second kappa shape index (κ2) is 2.81.